The summed E-state index contributed by atoms with van der Waals surface area (Å²) < 4.78 is 3.66. The lowest BCUT2D eigenvalue weighted by molar-refractivity contribution is 1.02. The van der Waals surface area contributed by atoms with Gasteiger partial charge in [0.05, 0.1) is 19.4 Å². The summed E-state index contributed by atoms with van der Waals surface area (Å²) in [6, 6.07) is 0. The molecule has 0 aromatic carbocycles. The number of hydrogen-bond acceptors (Lipinski definition) is 1. The van der Waals surface area contributed by atoms with Gasteiger partial charge in [-0.05, 0) is 11.1 Å². The Labute approximate surface area is 63.4 Å². The highest BCUT2D eigenvalue weighted by molar-refractivity contribution is 6.52. The molecular weight excluding hydrogens is 142 g/mol. The summed E-state index contributed by atoms with van der Waals surface area (Å²) >= 11 is 0. The van der Waals surface area contributed by atoms with Crippen molar-refractivity contribution in [1.82, 2.24) is 4.65 Å². The normalized spacial score (nSPS) is 14.0. The van der Waals surface area contributed by atoms with E-state index in [4.69, 9.17) is 0 Å². The molecule has 0 aromatic heterocycles. The summed E-state index contributed by atoms with van der Waals surface area (Å²) in [6.45, 7) is 9.25. The van der Waals surface area contributed by atoms with E-state index in [0.717, 1.165) is 11.1 Å². The molecule has 0 bridgehead atoms. The van der Waals surface area contributed by atoms with Gasteiger partial charge >= 0.3 is 0 Å². The second-order valence-electron chi connectivity index (χ2n) is 3.45. The summed E-state index contributed by atoms with van der Waals surface area (Å²) in [5, 5.41) is 0. The van der Waals surface area contributed by atoms with Crippen LogP contribution in [0, 0.1) is 0 Å². The first-order chi connectivity index (χ1) is 4.13. The van der Waals surface area contributed by atoms with Gasteiger partial charge in [-0.3, -0.25) is 0 Å². The van der Waals surface area contributed by atoms with Crippen LogP contribution in [-0.4, -0.2) is 19.4 Å². The summed E-state index contributed by atoms with van der Waals surface area (Å²) in [5.41, 5.74) is 1.91. The molecule has 0 unspecified atom stereocenters. The van der Waals surface area contributed by atoms with Crippen LogP contribution < -0.4 is 4.65 Å². The first kappa shape index (κ1) is 9.39. The maximum atomic E-state index is 3.66. The molecule has 0 aromatic rings. The molecule has 0 spiro atoms. The molecule has 0 amide bonds. The van der Waals surface area contributed by atoms with Gasteiger partial charge in [-0.15, -0.1) is 0 Å². The third-order valence-electron chi connectivity index (χ3n) is 1.11. The Balaban J connectivity index is 2.91. The van der Waals surface area contributed by atoms with Crippen molar-refractivity contribution >= 4 is 19.4 Å². The third kappa shape index (κ3) is 8.39. The summed E-state index contributed by atoms with van der Waals surface area (Å²) in [4.78, 5) is 0. The Hall–Kier alpha value is 0.394. The summed E-state index contributed by atoms with van der Waals surface area (Å²) in [6.07, 6.45) is 0. The summed E-state index contributed by atoms with van der Waals surface area (Å²) in [7, 11) is 0.230. The van der Waals surface area contributed by atoms with Crippen LogP contribution in [0.1, 0.15) is 27.7 Å². The fraction of sp³-hybridized carbons (Fsp3) is 1.00. The van der Waals surface area contributed by atoms with Gasteiger partial charge in [0.15, 0.2) is 0 Å². The standard InChI is InChI=1S/C6H19NSi2/c1-5(2)8-7-9-6(3)4/h5-7H,8-9H2,1-4H3. The van der Waals surface area contributed by atoms with Crippen molar-refractivity contribution in [1.29, 1.82) is 0 Å². The average Bonchev–Trinajstić information content (AvgIpc) is 1.63. The fourth-order valence-corrected chi connectivity index (χ4v) is 5.95. The van der Waals surface area contributed by atoms with Crippen molar-refractivity contribution in [2.45, 2.75) is 38.8 Å². The Bertz CT molecular complexity index is 56.1. The van der Waals surface area contributed by atoms with Crippen molar-refractivity contribution in [3.05, 3.63) is 0 Å². The quantitative estimate of drug-likeness (QED) is 0.589. The van der Waals surface area contributed by atoms with Gasteiger partial charge in [0.25, 0.3) is 0 Å². The van der Waals surface area contributed by atoms with E-state index in [2.05, 4.69) is 32.3 Å². The Morgan fingerprint density at radius 1 is 0.889 bits per heavy atom. The zero-order chi connectivity index (χ0) is 7.28. The second kappa shape index (κ2) is 5.20. The molecule has 9 heavy (non-hydrogen) atoms. The van der Waals surface area contributed by atoms with Crippen molar-refractivity contribution < 1.29 is 0 Å². The van der Waals surface area contributed by atoms with Crippen LogP contribution in [0.4, 0.5) is 0 Å². The van der Waals surface area contributed by atoms with E-state index in [-0.39, 0.29) is 19.4 Å². The van der Waals surface area contributed by atoms with E-state index in [1.165, 1.54) is 0 Å². The highest BCUT2D eigenvalue weighted by Crippen LogP contribution is 1.96. The lowest BCUT2D eigenvalue weighted by Gasteiger charge is -2.07. The molecule has 0 aliphatic carbocycles. The van der Waals surface area contributed by atoms with Crippen LogP contribution in [0.2, 0.25) is 11.1 Å². The molecule has 3 heteroatoms. The molecular formula is C6H19NSi2. The molecule has 0 rings (SSSR count). The highest BCUT2D eigenvalue weighted by atomic mass is 28.3. The van der Waals surface area contributed by atoms with Gasteiger partial charge in [-0.2, -0.15) is 0 Å². The Morgan fingerprint density at radius 2 is 1.22 bits per heavy atom. The number of hydrogen-bond donors (Lipinski definition) is 1. The minimum atomic E-state index is 0.115. The van der Waals surface area contributed by atoms with Crippen molar-refractivity contribution in [3.63, 3.8) is 0 Å². The maximum absolute atomic E-state index is 3.66. The first-order valence-corrected chi connectivity index (χ1v) is 6.88. The van der Waals surface area contributed by atoms with Crippen molar-refractivity contribution in [3.8, 4) is 0 Å². The Morgan fingerprint density at radius 3 is 1.44 bits per heavy atom. The molecule has 56 valence electrons. The molecule has 1 nitrogen and oxygen atoms in total. The third-order valence-corrected chi connectivity index (χ3v) is 5.05. The lowest BCUT2D eigenvalue weighted by atomic mass is 10.6. The van der Waals surface area contributed by atoms with Crippen LogP contribution in [-0.2, 0) is 0 Å². The minimum absolute atomic E-state index is 0.115. The SMILES string of the molecule is CC(C)[SiH2]N[SiH2]C(C)C. The zero-order valence-corrected chi connectivity index (χ0v) is 9.90. The van der Waals surface area contributed by atoms with Gasteiger partial charge < -0.3 is 4.65 Å². The average molecular weight is 161 g/mol. The van der Waals surface area contributed by atoms with E-state index in [0.29, 0.717) is 0 Å². The summed E-state index contributed by atoms with van der Waals surface area (Å²) in [5.74, 6) is 0. The van der Waals surface area contributed by atoms with Crippen LogP contribution in [0.5, 0.6) is 0 Å². The lowest BCUT2D eigenvalue weighted by Crippen LogP contribution is -2.27. The van der Waals surface area contributed by atoms with Crippen LogP contribution in [0.25, 0.3) is 0 Å². The van der Waals surface area contributed by atoms with E-state index >= 15 is 0 Å². The zero-order valence-electron chi connectivity index (χ0n) is 7.07. The van der Waals surface area contributed by atoms with Crippen LogP contribution >= 0.6 is 0 Å². The molecule has 0 aliphatic rings. The van der Waals surface area contributed by atoms with Gasteiger partial charge in [0.1, 0.15) is 0 Å². The molecule has 0 fully saturated rings. The highest BCUT2D eigenvalue weighted by Gasteiger charge is 1.95. The van der Waals surface area contributed by atoms with Crippen molar-refractivity contribution in [2.24, 2.45) is 0 Å². The van der Waals surface area contributed by atoms with E-state index in [1.54, 1.807) is 0 Å². The smallest absolute Gasteiger partial charge is 0.0870 e. The number of rotatable bonds is 4. The molecule has 0 aliphatic heterocycles. The molecule has 0 atom stereocenters. The van der Waals surface area contributed by atoms with E-state index < -0.39 is 0 Å². The minimum Gasteiger partial charge on any atom is -0.369 e. The maximum Gasteiger partial charge on any atom is 0.0870 e. The van der Waals surface area contributed by atoms with Gasteiger partial charge in [-0.25, -0.2) is 0 Å². The van der Waals surface area contributed by atoms with Gasteiger partial charge in [-0.1, -0.05) is 27.7 Å². The molecule has 0 saturated carbocycles. The van der Waals surface area contributed by atoms with E-state index in [9.17, 15) is 0 Å². The fourth-order valence-electron chi connectivity index (χ4n) is 0.661. The Kier molecular flexibility index (Phi) is 5.43. The predicted octanol–water partition coefficient (Wildman–Crippen LogP) is 0.400. The topological polar surface area (TPSA) is 12.0 Å². The van der Waals surface area contributed by atoms with Crippen molar-refractivity contribution in [2.75, 3.05) is 0 Å². The largest absolute Gasteiger partial charge is 0.369 e. The number of nitrogens with one attached hydrogen (secondary N) is 1. The molecule has 1 N–H and O–H groups in total. The second-order valence-corrected chi connectivity index (χ2v) is 9.53. The molecule has 0 radical (unpaired) electrons. The monoisotopic (exact) mass is 161 g/mol. The molecule has 0 saturated heterocycles. The van der Waals surface area contributed by atoms with Crippen LogP contribution in [0.15, 0.2) is 0 Å². The van der Waals surface area contributed by atoms with Crippen LogP contribution in [0.3, 0.4) is 0 Å². The van der Waals surface area contributed by atoms with E-state index in [1.807, 2.05) is 0 Å². The van der Waals surface area contributed by atoms with Gasteiger partial charge in [0.2, 0.25) is 0 Å². The van der Waals surface area contributed by atoms with Gasteiger partial charge in [0, 0.05) is 0 Å². The first-order valence-electron chi connectivity index (χ1n) is 3.83. The molecule has 0 heterocycles. The predicted molar refractivity (Wildman–Crippen MR) is 50.4 cm³/mol.